The van der Waals surface area contributed by atoms with Crippen molar-refractivity contribution >= 4 is 0 Å². The van der Waals surface area contributed by atoms with Gasteiger partial charge in [0.2, 0.25) is 0 Å². The molecule has 0 aliphatic heterocycles. The van der Waals surface area contributed by atoms with Crippen molar-refractivity contribution in [2.75, 3.05) is 14.2 Å². The highest BCUT2D eigenvalue weighted by molar-refractivity contribution is 5.42. The van der Waals surface area contributed by atoms with Crippen LogP contribution in [0, 0.1) is 0 Å². The van der Waals surface area contributed by atoms with Gasteiger partial charge in [0.25, 0.3) is 0 Å². The van der Waals surface area contributed by atoms with Gasteiger partial charge in [-0.05, 0) is 31.2 Å². The number of hydrogen-bond donors (Lipinski definition) is 1. The van der Waals surface area contributed by atoms with Crippen LogP contribution >= 0.6 is 0 Å². The fraction of sp³-hybridized carbons (Fsp3) is 0.467. The molecule has 1 aromatic heterocycles. The molecule has 2 aromatic rings. The Morgan fingerprint density at radius 3 is 2.86 bits per heavy atom. The third kappa shape index (κ3) is 3.95. The summed E-state index contributed by atoms with van der Waals surface area (Å²) < 4.78 is 13.1. The predicted molar refractivity (Wildman–Crippen MR) is 80.4 cm³/mol. The second-order valence-corrected chi connectivity index (χ2v) is 4.70. The molecule has 1 heterocycles. The van der Waals surface area contributed by atoms with Gasteiger partial charge >= 0.3 is 0 Å². The van der Waals surface area contributed by atoms with Gasteiger partial charge in [-0.2, -0.15) is 5.10 Å². The molecule has 6 heteroatoms. The Bertz CT molecular complexity index is 569. The molecule has 6 nitrogen and oxygen atoms in total. The molecule has 1 aromatic carbocycles. The van der Waals surface area contributed by atoms with Gasteiger partial charge in [-0.25, -0.2) is 9.67 Å². The van der Waals surface area contributed by atoms with E-state index in [0.29, 0.717) is 12.4 Å². The topological polar surface area (TPSA) is 61.2 Å². The third-order valence-corrected chi connectivity index (χ3v) is 3.10. The zero-order chi connectivity index (χ0) is 15.1. The summed E-state index contributed by atoms with van der Waals surface area (Å²) in [4.78, 5) is 4.23. The maximum Gasteiger partial charge on any atom is 0.164 e. The van der Waals surface area contributed by atoms with Crippen LogP contribution in [-0.2, 0) is 19.7 Å². The van der Waals surface area contributed by atoms with Crippen molar-refractivity contribution in [2.24, 2.45) is 0 Å². The normalized spacial score (nSPS) is 10.6. The van der Waals surface area contributed by atoms with Crippen LogP contribution < -0.4 is 14.8 Å². The molecule has 2 rings (SSSR count). The number of ether oxygens (including phenoxy) is 2. The van der Waals surface area contributed by atoms with Crippen molar-refractivity contribution < 1.29 is 9.47 Å². The molecular weight excluding hydrogens is 268 g/mol. The maximum absolute atomic E-state index is 5.82. The summed E-state index contributed by atoms with van der Waals surface area (Å²) in [7, 11) is 3.56. The molecule has 0 radical (unpaired) electrons. The average molecular weight is 290 g/mol. The van der Waals surface area contributed by atoms with Crippen LogP contribution in [0.5, 0.6) is 11.5 Å². The zero-order valence-corrected chi connectivity index (χ0v) is 12.8. The van der Waals surface area contributed by atoms with E-state index in [2.05, 4.69) is 22.3 Å². The van der Waals surface area contributed by atoms with E-state index in [1.54, 1.807) is 13.4 Å². The fourth-order valence-corrected chi connectivity index (χ4v) is 2.09. The second kappa shape index (κ2) is 7.64. The Labute approximate surface area is 125 Å². The largest absolute Gasteiger partial charge is 0.493 e. The minimum Gasteiger partial charge on any atom is -0.493 e. The number of benzene rings is 1. The van der Waals surface area contributed by atoms with Gasteiger partial charge < -0.3 is 14.8 Å². The summed E-state index contributed by atoms with van der Waals surface area (Å²) in [5.41, 5.74) is 1.15. The SMILES string of the molecule is CCCn1ncnc1COc1ccc(CNC)cc1OC. The Morgan fingerprint density at radius 2 is 2.14 bits per heavy atom. The first-order valence-electron chi connectivity index (χ1n) is 7.09. The van der Waals surface area contributed by atoms with E-state index in [1.807, 2.05) is 29.9 Å². The van der Waals surface area contributed by atoms with E-state index < -0.39 is 0 Å². The van der Waals surface area contributed by atoms with Crippen molar-refractivity contribution in [3.63, 3.8) is 0 Å². The molecule has 0 saturated carbocycles. The number of rotatable bonds is 8. The first-order chi connectivity index (χ1) is 10.3. The van der Waals surface area contributed by atoms with Crippen molar-refractivity contribution in [3.05, 3.63) is 35.9 Å². The lowest BCUT2D eigenvalue weighted by molar-refractivity contribution is 0.268. The molecule has 0 bridgehead atoms. The molecule has 114 valence electrons. The van der Waals surface area contributed by atoms with Crippen molar-refractivity contribution in [1.82, 2.24) is 20.1 Å². The first-order valence-corrected chi connectivity index (χ1v) is 7.09. The first kappa shape index (κ1) is 15.3. The van der Waals surface area contributed by atoms with Gasteiger partial charge in [-0.1, -0.05) is 13.0 Å². The van der Waals surface area contributed by atoms with Crippen LogP contribution in [-0.4, -0.2) is 28.9 Å². The molecule has 0 atom stereocenters. The Kier molecular flexibility index (Phi) is 5.57. The number of hydrogen-bond acceptors (Lipinski definition) is 5. The lowest BCUT2D eigenvalue weighted by atomic mass is 10.2. The Morgan fingerprint density at radius 1 is 1.29 bits per heavy atom. The molecule has 21 heavy (non-hydrogen) atoms. The second-order valence-electron chi connectivity index (χ2n) is 4.70. The highest BCUT2D eigenvalue weighted by Crippen LogP contribution is 2.28. The summed E-state index contributed by atoms with van der Waals surface area (Å²) >= 11 is 0. The Balaban J connectivity index is 2.06. The van der Waals surface area contributed by atoms with E-state index in [-0.39, 0.29) is 0 Å². The molecular formula is C15H22N4O2. The van der Waals surface area contributed by atoms with Crippen LogP contribution in [0.15, 0.2) is 24.5 Å². The van der Waals surface area contributed by atoms with Crippen LogP contribution in [0.1, 0.15) is 24.7 Å². The van der Waals surface area contributed by atoms with Gasteiger partial charge in [0.15, 0.2) is 17.3 Å². The van der Waals surface area contributed by atoms with Crippen molar-refractivity contribution in [2.45, 2.75) is 33.0 Å². The van der Waals surface area contributed by atoms with E-state index in [4.69, 9.17) is 9.47 Å². The van der Waals surface area contributed by atoms with Crippen LogP contribution in [0.2, 0.25) is 0 Å². The van der Waals surface area contributed by atoms with E-state index >= 15 is 0 Å². The highest BCUT2D eigenvalue weighted by atomic mass is 16.5. The van der Waals surface area contributed by atoms with E-state index in [9.17, 15) is 0 Å². The lowest BCUT2D eigenvalue weighted by Gasteiger charge is -2.12. The molecule has 0 spiro atoms. The summed E-state index contributed by atoms with van der Waals surface area (Å²) in [5, 5.41) is 7.30. The molecule has 0 aliphatic carbocycles. The highest BCUT2D eigenvalue weighted by Gasteiger charge is 2.09. The molecule has 0 aliphatic rings. The van der Waals surface area contributed by atoms with Crippen LogP contribution in [0.3, 0.4) is 0 Å². The minimum absolute atomic E-state index is 0.377. The van der Waals surface area contributed by atoms with Gasteiger partial charge in [0.1, 0.15) is 12.9 Å². The number of nitrogens with zero attached hydrogens (tertiary/aromatic N) is 3. The van der Waals surface area contributed by atoms with Gasteiger partial charge in [0.05, 0.1) is 7.11 Å². The average Bonchev–Trinajstić information content (AvgIpc) is 2.94. The number of aryl methyl sites for hydroxylation is 1. The number of nitrogens with one attached hydrogen (secondary N) is 1. The number of aromatic nitrogens is 3. The predicted octanol–water partition coefficient (Wildman–Crippen LogP) is 2.00. The smallest absolute Gasteiger partial charge is 0.164 e. The minimum atomic E-state index is 0.377. The molecule has 0 amide bonds. The summed E-state index contributed by atoms with van der Waals surface area (Å²) in [6.07, 6.45) is 2.57. The van der Waals surface area contributed by atoms with Gasteiger partial charge in [0, 0.05) is 13.1 Å². The Hall–Kier alpha value is -2.08. The molecule has 0 fully saturated rings. The molecule has 1 N–H and O–H groups in total. The number of methoxy groups -OCH3 is 1. The summed E-state index contributed by atoms with van der Waals surface area (Å²) in [5.74, 6) is 2.26. The van der Waals surface area contributed by atoms with Crippen LogP contribution in [0.25, 0.3) is 0 Å². The lowest BCUT2D eigenvalue weighted by Crippen LogP contribution is -2.09. The van der Waals surface area contributed by atoms with E-state index in [1.165, 1.54) is 0 Å². The molecule has 0 unspecified atom stereocenters. The van der Waals surface area contributed by atoms with E-state index in [0.717, 1.165) is 36.6 Å². The molecule has 0 saturated heterocycles. The quantitative estimate of drug-likeness (QED) is 0.805. The fourth-order valence-electron chi connectivity index (χ4n) is 2.09. The summed E-state index contributed by atoms with van der Waals surface area (Å²) in [6.45, 7) is 4.12. The monoisotopic (exact) mass is 290 g/mol. The van der Waals surface area contributed by atoms with Gasteiger partial charge in [-0.3, -0.25) is 0 Å². The standard InChI is InChI=1S/C15H22N4O2/c1-4-7-19-15(17-11-18-19)10-21-13-6-5-12(9-16-2)8-14(13)20-3/h5-6,8,11,16H,4,7,9-10H2,1-3H3. The zero-order valence-electron chi connectivity index (χ0n) is 12.8. The van der Waals surface area contributed by atoms with Crippen LogP contribution in [0.4, 0.5) is 0 Å². The van der Waals surface area contributed by atoms with Crippen molar-refractivity contribution in [1.29, 1.82) is 0 Å². The van der Waals surface area contributed by atoms with Gasteiger partial charge in [-0.15, -0.1) is 0 Å². The maximum atomic E-state index is 5.82. The van der Waals surface area contributed by atoms with Crippen molar-refractivity contribution in [3.8, 4) is 11.5 Å². The third-order valence-electron chi connectivity index (χ3n) is 3.10. The summed E-state index contributed by atoms with van der Waals surface area (Å²) in [6, 6.07) is 5.92.